The number of nitrogens with one attached hydrogen (secondary N) is 1. The van der Waals surface area contributed by atoms with E-state index in [-0.39, 0.29) is 6.10 Å². The number of anilines is 2. The van der Waals surface area contributed by atoms with E-state index in [1.54, 1.807) is 13.0 Å². The summed E-state index contributed by atoms with van der Waals surface area (Å²) in [4.78, 5) is 4.02. The van der Waals surface area contributed by atoms with Crippen molar-refractivity contribution >= 4 is 23.1 Å². The number of aromatic nitrogens is 1. The number of nitrogens with two attached hydrogens (primary N) is 1. The van der Waals surface area contributed by atoms with Crippen LogP contribution in [0.2, 0.25) is 5.02 Å². The molecule has 1 unspecified atom stereocenters. The minimum absolute atomic E-state index is 0.323. The summed E-state index contributed by atoms with van der Waals surface area (Å²) in [6, 6.07) is 1.64. The molecule has 1 heterocycles. The average Bonchev–Trinajstić information content (AvgIpc) is 2.08. The van der Waals surface area contributed by atoms with Crippen LogP contribution in [0.3, 0.4) is 0 Å². The van der Waals surface area contributed by atoms with Gasteiger partial charge in [0.1, 0.15) is 5.82 Å². The monoisotopic (exact) mass is 215 g/mol. The lowest BCUT2D eigenvalue weighted by molar-refractivity contribution is 0.188. The van der Waals surface area contributed by atoms with Gasteiger partial charge in [-0.05, 0) is 19.4 Å². The van der Waals surface area contributed by atoms with Gasteiger partial charge in [-0.15, -0.1) is 0 Å². The third kappa shape index (κ3) is 3.40. The van der Waals surface area contributed by atoms with Crippen molar-refractivity contribution in [3.05, 3.63) is 17.3 Å². The van der Waals surface area contributed by atoms with Crippen LogP contribution in [0.25, 0.3) is 0 Å². The van der Waals surface area contributed by atoms with Gasteiger partial charge in [0.25, 0.3) is 0 Å². The zero-order chi connectivity index (χ0) is 10.6. The maximum atomic E-state index is 9.03. The maximum absolute atomic E-state index is 9.03. The first-order valence-electron chi connectivity index (χ1n) is 4.42. The molecule has 0 aliphatic heterocycles. The molecule has 1 rings (SSSR count). The van der Waals surface area contributed by atoms with Gasteiger partial charge < -0.3 is 16.2 Å². The smallest absolute Gasteiger partial charge is 0.149 e. The van der Waals surface area contributed by atoms with Gasteiger partial charge >= 0.3 is 0 Å². The fourth-order valence-corrected chi connectivity index (χ4v) is 1.17. The zero-order valence-corrected chi connectivity index (χ0v) is 8.75. The first kappa shape index (κ1) is 11.1. The summed E-state index contributed by atoms with van der Waals surface area (Å²) in [6.07, 6.45) is 1.86. The van der Waals surface area contributed by atoms with Gasteiger partial charge in [0.15, 0.2) is 0 Å². The van der Waals surface area contributed by atoms with Crippen molar-refractivity contribution in [1.29, 1.82) is 0 Å². The largest absolute Gasteiger partial charge is 0.396 e. The van der Waals surface area contributed by atoms with E-state index in [1.165, 1.54) is 6.20 Å². The lowest BCUT2D eigenvalue weighted by Crippen LogP contribution is -2.11. The molecule has 0 bridgehead atoms. The molecule has 0 aromatic carbocycles. The van der Waals surface area contributed by atoms with Gasteiger partial charge in [-0.2, -0.15) is 0 Å². The number of rotatable bonds is 4. The van der Waals surface area contributed by atoms with Crippen LogP contribution in [0.4, 0.5) is 11.5 Å². The molecule has 14 heavy (non-hydrogen) atoms. The van der Waals surface area contributed by atoms with Gasteiger partial charge in [-0.3, -0.25) is 0 Å². The van der Waals surface area contributed by atoms with Crippen LogP contribution >= 0.6 is 11.6 Å². The molecule has 78 valence electrons. The highest BCUT2D eigenvalue weighted by Gasteiger charge is 2.01. The van der Waals surface area contributed by atoms with E-state index in [0.717, 1.165) is 0 Å². The Kier molecular flexibility index (Phi) is 3.98. The van der Waals surface area contributed by atoms with Crippen molar-refractivity contribution in [3.63, 3.8) is 0 Å². The molecular formula is C9H14ClN3O. The number of hydrogen-bond acceptors (Lipinski definition) is 4. The molecular weight excluding hydrogens is 202 g/mol. The third-order valence-corrected chi connectivity index (χ3v) is 1.95. The normalized spacial score (nSPS) is 12.5. The second-order valence-corrected chi connectivity index (χ2v) is 3.59. The molecule has 0 spiro atoms. The van der Waals surface area contributed by atoms with E-state index in [0.29, 0.717) is 29.5 Å². The van der Waals surface area contributed by atoms with Crippen LogP contribution in [-0.2, 0) is 0 Å². The Bertz CT molecular complexity index is 304. The fourth-order valence-electron chi connectivity index (χ4n) is 1.00. The van der Waals surface area contributed by atoms with Gasteiger partial charge in [-0.1, -0.05) is 11.6 Å². The number of halogens is 1. The van der Waals surface area contributed by atoms with Crippen LogP contribution in [0.5, 0.6) is 0 Å². The highest BCUT2D eigenvalue weighted by Crippen LogP contribution is 2.19. The van der Waals surface area contributed by atoms with Gasteiger partial charge in [0.05, 0.1) is 16.8 Å². The predicted molar refractivity (Wildman–Crippen MR) is 58.4 cm³/mol. The SMILES string of the molecule is CC(O)CCNc1ncc(Cl)cc1N. The Morgan fingerprint density at radius 1 is 1.71 bits per heavy atom. The molecule has 5 heteroatoms. The predicted octanol–water partition coefficient (Wildman–Crippen LogP) is 1.50. The number of aliphatic hydroxyl groups excluding tert-OH is 1. The van der Waals surface area contributed by atoms with E-state index >= 15 is 0 Å². The van der Waals surface area contributed by atoms with E-state index in [4.69, 9.17) is 22.4 Å². The number of pyridine rings is 1. The summed E-state index contributed by atoms with van der Waals surface area (Å²) < 4.78 is 0. The van der Waals surface area contributed by atoms with Gasteiger partial charge in [0, 0.05) is 12.7 Å². The Balaban J connectivity index is 2.51. The molecule has 0 radical (unpaired) electrons. The summed E-state index contributed by atoms with van der Waals surface area (Å²) in [5, 5.41) is 12.6. The van der Waals surface area contributed by atoms with Crippen LogP contribution in [0.1, 0.15) is 13.3 Å². The number of aliphatic hydroxyl groups is 1. The first-order valence-corrected chi connectivity index (χ1v) is 4.80. The van der Waals surface area contributed by atoms with E-state index in [9.17, 15) is 0 Å². The molecule has 1 atom stereocenters. The Morgan fingerprint density at radius 3 is 3.00 bits per heavy atom. The second kappa shape index (κ2) is 5.02. The molecule has 4 nitrogen and oxygen atoms in total. The zero-order valence-electron chi connectivity index (χ0n) is 8.00. The molecule has 0 saturated heterocycles. The highest BCUT2D eigenvalue weighted by molar-refractivity contribution is 6.30. The van der Waals surface area contributed by atoms with Crippen LogP contribution in [0, 0.1) is 0 Å². The average molecular weight is 216 g/mol. The molecule has 0 aliphatic rings. The van der Waals surface area contributed by atoms with Crippen molar-refractivity contribution in [2.24, 2.45) is 0 Å². The molecule has 0 fully saturated rings. The van der Waals surface area contributed by atoms with Crippen LogP contribution in [0.15, 0.2) is 12.3 Å². The molecule has 0 aliphatic carbocycles. The summed E-state index contributed by atoms with van der Waals surface area (Å²) in [7, 11) is 0. The molecule has 0 amide bonds. The second-order valence-electron chi connectivity index (χ2n) is 3.16. The Hall–Kier alpha value is -1.00. The maximum Gasteiger partial charge on any atom is 0.149 e. The quantitative estimate of drug-likeness (QED) is 0.712. The minimum atomic E-state index is -0.323. The first-order chi connectivity index (χ1) is 6.59. The van der Waals surface area contributed by atoms with E-state index < -0.39 is 0 Å². The van der Waals surface area contributed by atoms with Crippen molar-refractivity contribution < 1.29 is 5.11 Å². The van der Waals surface area contributed by atoms with Gasteiger partial charge in [-0.25, -0.2) is 4.98 Å². The lowest BCUT2D eigenvalue weighted by atomic mass is 10.3. The molecule has 4 N–H and O–H groups in total. The van der Waals surface area contributed by atoms with Crippen molar-refractivity contribution in [1.82, 2.24) is 4.98 Å². The summed E-state index contributed by atoms with van der Waals surface area (Å²) in [5.41, 5.74) is 6.18. The highest BCUT2D eigenvalue weighted by atomic mass is 35.5. The molecule has 1 aromatic heterocycles. The molecule has 1 aromatic rings. The Labute approximate surface area is 88.1 Å². The number of hydrogen-bond donors (Lipinski definition) is 3. The number of nitrogens with zero attached hydrogens (tertiary/aromatic N) is 1. The Morgan fingerprint density at radius 2 is 2.43 bits per heavy atom. The standard InChI is InChI=1S/C9H14ClN3O/c1-6(14)2-3-12-9-8(11)4-7(10)5-13-9/h4-6,14H,2-3,11H2,1H3,(H,12,13). The summed E-state index contributed by atoms with van der Waals surface area (Å²) in [6.45, 7) is 2.37. The molecule has 0 saturated carbocycles. The fraction of sp³-hybridized carbons (Fsp3) is 0.444. The van der Waals surface area contributed by atoms with Crippen molar-refractivity contribution in [2.75, 3.05) is 17.6 Å². The topological polar surface area (TPSA) is 71.2 Å². The van der Waals surface area contributed by atoms with Crippen LogP contribution in [-0.4, -0.2) is 22.7 Å². The summed E-state index contributed by atoms with van der Waals surface area (Å²) in [5.74, 6) is 0.607. The number of nitrogen functional groups attached to an aromatic ring is 1. The van der Waals surface area contributed by atoms with Crippen LogP contribution < -0.4 is 11.1 Å². The van der Waals surface area contributed by atoms with Crippen molar-refractivity contribution in [3.8, 4) is 0 Å². The van der Waals surface area contributed by atoms with Gasteiger partial charge in [0.2, 0.25) is 0 Å². The summed E-state index contributed by atoms with van der Waals surface area (Å²) >= 11 is 5.69. The third-order valence-electron chi connectivity index (χ3n) is 1.74. The van der Waals surface area contributed by atoms with E-state index in [1.807, 2.05) is 0 Å². The minimum Gasteiger partial charge on any atom is -0.396 e. The lowest BCUT2D eigenvalue weighted by Gasteiger charge is -2.09. The van der Waals surface area contributed by atoms with E-state index in [2.05, 4.69) is 10.3 Å². The van der Waals surface area contributed by atoms with Crippen molar-refractivity contribution in [2.45, 2.75) is 19.4 Å².